The molecular weight excluding hydrogens is 376 g/mol. The molecule has 2 heterocycles. The van der Waals surface area contributed by atoms with Gasteiger partial charge in [0, 0.05) is 11.8 Å². The van der Waals surface area contributed by atoms with Crippen molar-refractivity contribution in [1.82, 2.24) is 14.3 Å². The highest BCUT2D eigenvalue weighted by Crippen LogP contribution is 2.33. The molecule has 2 aromatic carbocycles. The number of nitrogens with zero attached hydrogens (tertiary/aromatic N) is 5. The molecule has 4 rings (SSSR count). The van der Waals surface area contributed by atoms with E-state index in [1.165, 1.54) is 17.6 Å². The van der Waals surface area contributed by atoms with E-state index >= 15 is 0 Å². The Balaban J connectivity index is 1.58. The highest BCUT2D eigenvalue weighted by Gasteiger charge is 2.10. The van der Waals surface area contributed by atoms with Crippen molar-refractivity contribution in [1.29, 1.82) is 0 Å². The number of carbonyl (C=O) groups is 1. The summed E-state index contributed by atoms with van der Waals surface area (Å²) in [6.07, 6.45) is 1.66. The molecule has 2 aromatic heterocycles. The highest BCUT2D eigenvalue weighted by atomic mass is 32.1. The van der Waals surface area contributed by atoms with Gasteiger partial charge in [-0.25, -0.2) is 9.97 Å². The maximum atomic E-state index is 12.3. The maximum absolute atomic E-state index is 12.3. The number of benzene rings is 2. The fourth-order valence-corrected chi connectivity index (χ4v) is 3.09. The Morgan fingerprint density at radius 2 is 1.96 bits per heavy atom. The van der Waals surface area contributed by atoms with Crippen LogP contribution in [0.4, 0.5) is 16.4 Å². The summed E-state index contributed by atoms with van der Waals surface area (Å²) in [6.45, 7) is 1.79. The largest absolute Gasteiger partial charge is 0.506 e. The van der Waals surface area contributed by atoms with E-state index in [1.54, 1.807) is 49.5 Å². The van der Waals surface area contributed by atoms with Crippen molar-refractivity contribution in [3.05, 3.63) is 66.1 Å². The first-order valence-electron chi connectivity index (χ1n) is 8.30. The number of azo groups is 1. The number of aryl methyl sites for hydroxylation is 1. The minimum atomic E-state index is -0.328. The molecule has 0 fully saturated rings. The van der Waals surface area contributed by atoms with Crippen molar-refractivity contribution in [2.75, 3.05) is 5.32 Å². The summed E-state index contributed by atoms with van der Waals surface area (Å²) in [5.41, 5.74) is 1.78. The average Bonchev–Trinajstić information content (AvgIpc) is 3.11. The fourth-order valence-electron chi connectivity index (χ4n) is 2.46. The predicted octanol–water partition coefficient (Wildman–Crippen LogP) is 4.77. The smallest absolute Gasteiger partial charge is 0.255 e. The zero-order chi connectivity index (χ0) is 19.5. The molecule has 0 saturated heterocycles. The predicted molar refractivity (Wildman–Crippen MR) is 107 cm³/mol. The summed E-state index contributed by atoms with van der Waals surface area (Å²) >= 11 is 1.17. The van der Waals surface area contributed by atoms with Crippen LogP contribution in [0.25, 0.3) is 11.0 Å². The van der Waals surface area contributed by atoms with Crippen LogP contribution in [-0.2, 0) is 0 Å². The van der Waals surface area contributed by atoms with Gasteiger partial charge in [0.05, 0.1) is 16.8 Å². The van der Waals surface area contributed by atoms with Gasteiger partial charge in [0.1, 0.15) is 11.6 Å². The summed E-state index contributed by atoms with van der Waals surface area (Å²) in [5, 5.41) is 22.4. The highest BCUT2D eigenvalue weighted by molar-refractivity contribution is 7.11. The summed E-state index contributed by atoms with van der Waals surface area (Å²) in [5.74, 6) is 0.250. The molecule has 0 aliphatic heterocycles. The minimum absolute atomic E-state index is 0.0599. The Bertz CT molecular complexity index is 1190. The minimum Gasteiger partial charge on any atom is -0.506 e. The molecule has 8 nitrogen and oxygen atoms in total. The topological polar surface area (TPSA) is 113 Å². The van der Waals surface area contributed by atoms with E-state index in [0.717, 1.165) is 5.39 Å². The molecular formula is C19H14N6O2S. The van der Waals surface area contributed by atoms with E-state index in [4.69, 9.17) is 0 Å². The second kappa shape index (κ2) is 7.49. The number of aromatic hydroxyl groups is 1. The Hall–Kier alpha value is -3.72. The monoisotopic (exact) mass is 390 g/mol. The molecule has 0 unspecified atom stereocenters. The van der Waals surface area contributed by atoms with E-state index < -0.39 is 0 Å². The number of carbonyl (C=O) groups excluding carboxylic acids is 1. The number of hydrogen-bond donors (Lipinski definition) is 2. The van der Waals surface area contributed by atoms with Crippen LogP contribution in [0.2, 0.25) is 0 Å². The van der Waals surface area contributed by atoms with E-state index in [9.17, 15) is 9.90 Å². The third-order valence-corrected chi connectivity index (χ3v) is 4.60. The Morgan fingerprint density at radius 1 is 1.14 bits per heavy atom. The van der Waals surface area contributed by atoms with Crippen molar-refractivity contribution < 1.29 is 9.90 Å². The fraction of sp³-hybridized carbons (Fsp3) is 0.0526. The van der Waals surface area contributed by atoms with Crippen LogP contribution in [0.3, 0.4) is 0 Å². The number of phenols is 1. The van der Waals surface area contributed by atoms with Crippen molar-refractivity contribution in [3.8, 4) is 5.75 Å². The van der Waals surface area contributed by atoms with Gasteiger partial charge < -0.3 is 10.4 Å². The molecule has 0 aliphatic carbocycles. The maximum Gasteiger partial charge on any atom is 0.255 e. The third-order valence-electron chi connectivity index (χ3n) is 3.86. The summed E-state index contributed by atoms with van der Waals surface area (Å²) in [6, 6.07) is 13.3. The second-order valence-electron chi connectivity index (χ2n) is 5.86. The number of nitrogens with one attached hydrogen (secondary N) is 1. The zero-order valence-corrected chi connectivity index (χ0v) is 15.5. The lowest BCUT2D eigenvalue weighted by Crippen LogP contribution is -2.11. The van der Waals surface area contributed by atoms with Crippen LogP contribution in [0.5, 0.6) is 5.75 Å². The number of amides is 1. The van der Waals surface area contributed by atoms with Gasteiger partial charge in [-0.05, 0) is 48.8 Å². The van der Waals surface area contributed by atoms with Crippen molar-refractivity contribution in [2.45, 2.75) is 6.92 Å². The Labute approximate surface area is 163 Å². The molecule has 0 aliphatic rings. The summed E-state index contributed by atoms with van der Waals surface area (Å²) < 4.78 is 4.24. The number of hydrogen-bond acceptors (Lipinski definition) is 8. The van der Waals surface area contributed by atoms with Gasteiger partial charge in [-0.15, -0.1) is 10.2 Å². The molecule has 0 atom stereocenters. The molecule has 2 N–H and O–H groups in total. The lowest BCUT2D eigenvalue weighted by Gasteiger charge is -2.07. The first-order chi connectivity index (χ1) is 13.6. The lowest BCUT2D eigenvalue weighted by molar-refractivity contribution is 0.102. The number of fused-ring (bicyclic) bond motifs is 1. The van der Waals surface area contributed by atoms with Crippen LogP contribution in [-0.4, -0.2) is 25.4 Å². The molecule has 28 heavy (non-hydrogen) atoms. The lowest BCUT2D eigenvalue weighted by atomic mass is 10.2. The van der Waals surface area contributed by atoms with E-state index in [2.05, 4.69) is 29.9 Å². The number of aromatic nitrogens is 3. The summed E-state index contributed by atoms with van der Waals surface area (Å²) in [4.78, 5) is 20.7. The van der Waals surface area contributed by atoms with Crippen molar-refractivity contribution in [3.63, 3.8) is 0 Å². The molecule has 0 saturated carbocycles. The SMILES string of the molecule is Cc1ncc2c(/N=N/c3ccc(O)c(NC(=O)c4ccccc4)c3)snc2n1. The quantitative estimate of drug-likeness (QED) is 0.385. The Morgan fingerprint density at radius 3 is 2.79 bits per heavy atom. The molecule has 0 radical (unpaired) electrons. The second-order valence-corrected chi connectivity index (χ2v) is 6.62. The molecule has 4 aromatic rings. The number of phenolic OH excluding ortho intramolecular Hbond substituents is 1. The van der Waals surface area contributed by atoms with Gasteiger partial charge in [0.2, 0.25) is 0 Å². The number of rotatable bonds is 4. The van der Waals surface area contributed by atoms with Crippen molar-refractivity contribution in [2.24, 2.45) is 10.2 Å². The zero-order valence-electron chi connectivity index (χ0n) is 14.7. The van der Waals surface area contributed by atoms with Gasteiger partial charge in [-0.3, -0.25) is 4.79 Å². The first-order valence-corrected chi connectivity index (χ1v) is 9.08. The number of anilines is 1. The molecule has 138 valence electrons. The van der Waals surface area contributed by atoms with Crippen LogP contribution in [0, 0.1) is 6.92 Å². The van der Waals surface area contributed by atoms with Crippen LogP contribution < -0.4 is 5.32 Å². The standard InChI is InChI=1S/C19H14N6O2S/c1-11-20-10-14-17(21-11)25-28-19(14)24-23-13-7-8-16(26)15(9-13)22-18(27)12-5-3-2-4-6-12/h2-10,26H,1H3,(H,22,27)/b24-23+. The average molecular weight is 390 g/mol. The molecule has 0 spiro atoms. The van der Waals surface area contributed by atoms with Gasteiger partial charge in [-0.2, -0.15) is 4.37 Å². The normalized spacial score (nSPS) is 11.2. The van der Waals surface area contributed by atoms with Crippen LogP contribution in [0.15, 0.2) is 65.0 Å². The molecule has 1 amide bonds. The first kappa shape index (κ1) is 17.7. The van der Waals surface area contributed by atoms with Crippen LogP contribution in [0.1, 0.15) is 16.2 Å². The van der Waals surface area contributed by atoms with Gasteiger partial charge in [0.15, 0.2) is 10.6 Å². The van der Waals surface area contributed by atoms with Gasteiger partial charge in [-0.1, -0.05) is 18.2 Å². The van der Waals surface area contributed by atoms with E-state index in [0.29, 0.717) is 27.7 Å². The molecule has 9 heteroatoms. The summed E-state index contributed by atoms with van der Waals surface area (Å²) in [7, 11) is 0. The molecule has 0 bridgehead atoms. The Kier molecular flexibility index (Phi) is 4.73. The third kappa shape index (κ3) is 3.69. The van der Waals surface area contributed by atoms with Gasteiger partial charge >= 0.3 is 0 Å². The van der Waals surface area contributed by atoms with Crippen LogP contribution >= 0.6 is 11.5 Å². The van der Waals surface area contributed by atoms with E-state index in [-0.39, 0.29) is 17.3 Å². The van der Waals surface area contributed by atoms with Gasteiger partial charge in [0.25, 0.3) is 5.91 Å². The van der Waals surface area contributed by atoms with Crippen molar-refractivity contribution >= 4 is 44.8 Å². The van der Waals surface area contributed by atoms with E-state index in [1.807, 2.05) is 6.07 Å².